The molecule has 1 rings (SSSR count). The van der Waals surface area contributed by atoms with E-state index in [1.165, 1.54) is 0 Å². The molecule has 0 radical (unpaired) electrons. The summed E-state index contributed by atoms with van der Waals surface area (Å²) in [4.78, 5) is 0. The van der Waals surface area contributed by atoms with Gasteiger partial charge in [0.1, 0.15) is 0 Å². The molecule has 5 heteroatoms. The van der Waals surface area contributed by atoms with Gasteiger partial charge in [0.25, 0.3) is 0 Å². The van der Waals surface area contributed by atoms with Crippen molar-refractivity contribution in [2.75, 3.05) is 0 Å². The summed E-state index contributed by atoms with van der Waals surface area (Å²) >= 11 is 4.54. The van der Waals surface area contributed by atoms with E-state index in [9.17, 15) is 0 Å². The summed E-state index contributed by atoms with van der Waals surface area (Å²) in [6, 6.07) is 0. The molecule has 0 aliphatic carbocycles. The first-order chi connectivity index (χ1) is 2.89. The smallest absolute Gasteiger partial charge is 0.757 e. The maximum Gasteiger partial charge on any atom is 1.00 e. The van der Waals surface area contributed by atoms with Crippen molar-refractivity contribution in [1.82, 2.24) is 15.4 Å². The predicted octanol–water partition coefficient (Wildman–Crippen LogP) is -3.29. The van der Waals surface area contributed by atoms with Gasteiger partial charge in [0.2, 0.25) is 0 Å². The monoisotopic (exact) mass is 123 g/mol. The molecule has 0 aliphatic rings. The van der Waals surface area contributed by atoms with Crippen LogP contribution in [-0.4, -0.2) is 15.4 Å². The molecule has 0 amide bonds. The Labute approximate surface area is 68.6 Å². The molecule has 1 aromatic rings. The van der Waals surface area contributed by atoms with Gasteiger partial charge in [-0.05, 0) is 5.03 Å². The molecular weight excluding hydrogens is 121 g/mol. The van der Waals surface area contributed by atoms with Crippen LogP contribution in [0.1, 0.15) is 0 Å². The van der Waals surface area contributed by atoms with Gasteiger partial charge >= 0.3 is 29.6 Å². The second kappa shape index (κ2) is 3.37. The molecule has 0 fully saturated rings. The molecule has 7 heavy (non-hydrogen) atoms. The molecule has 1 aromatic heterocycles. The van der Waals surface area contributed by atoms with Gasteiger partial charge in [-0.1, -0.05) is 5.21 Å². The average molecular weight is 123 g/mol. The van der Waals surface area contributed by atoms with E-state index in [0.29, 0.717) is 5.03 Å². The first kappa shape index (κ1) is 7.36. The Hall–Kier alpha value is 0.360. The maximum absolute atomic E-state index is 4.54. The Morgan fingerprint density at radius 2 is 2.43 bits per heavy atom. The summed E-state index contributed by atoms with van der Waals surface area (Å²) < 4.78 is 0. The van der Waals surface area contributed by atoms with Crippen molar-refractivity contribution >= 4 is 12.6 Å². The van der Waals surface area contributed by atoms with Gasteiger partial charge in [-0.15, -0.1) is 0 Å². The maximum atomic E-state index is 4.54. The Kier molecular flexibility index (Phi) is 3.55. The average Bonchev–Trinajstić information content (AvgIpc) is 1.86. The fraction of sp³-hybridized carbons (Fsp3) is 0. The van der Waals surface area contributed by atoms with E-state index in [2.05, 4.69) is 28.0 Å². The second-order valence-electron chi connectivity index (χ2n) is 0.812. The summed E-state index contributed by atoms with van der Waals surface area (Å²) in [6.45, 7) is 0. The molecule has 0 bridgehead atoms. The molecule has 0 spiro atoms. The van der Waals surface area contributed by atoms with Crippen molar-refractivity contribution in [2.24, 2.45) is 0 Å². The molecule has 0 aliphatic heterocycles. The normalized spacial score (nSPS) is 7.43. The second-order valence-corrected chi connectivity index (χ2v) is 1.23. The van der Waals surface area contributed by atoms with Gasteiger partial charge in [0.15, 0.2) is 0 Å². The summed E-state index contributed by atoms with van der Waals surface area (Å²) in [5.41, 5.74) is 0. The van der Waals surface area contributed by atoms with Gasteiger partial charge < -0.3 is 12.6 Å². The first-order valence-electron chi connectivity index (χ1n) is 1.43. The first-order valence-corrected chi connectivity index (χ1v) is 1.84. The van der Waals surface area contributed by atoms with Crippen molar-refractivity contribution in [3.05, 3.63) is 6.20 Å². The van der Waals surface area contributed by atoms with E-state index in [4.69, 9.17) is 0 Å². The number of hydrogen-bond acceptors (Lipinski definition) is 3. The van der Waals surface area contributed by atoms with Crippen LogP contribution >= 0.6 is 0 Å². The largest absolute Gasteiger partial charge is 1.00 e. The van der Waals surface area contributed by atoms with E-state index in [1.807, 2.05) is 0 Å². The van der Waals surface area contributed by atoms with Crippen LogP contribution in [0.3, 0.4) is 0 Å². The molecular formula is C2H2N3NaS. The van der Waals surface area contributed by atoms with E-state index < -0.39 is 0 Å². The van der Waals surface area contributed by atoms with Crippen LogP contribution in [-0.2, 0) is 12.6 Å². The van der Waals surface area contributed by atoms with Crippen LogP contribution in [0, 0.1) is 0 Å². The predicted molar refractivity (Wildman–Crippen MR) is 22.0 cm³/mol. The number of nitrogens with zero attached hydrogens (tertiary/aromatic N) is 2. The SMILES string of the molecule is [Na+].[S-]c1c[nH]nn1. The standard InChI is InChI=1S/C2H3N3S.Na/c6-2-1-3-5-4-2;/h1H,(H2,3,4,5,6);/q;+1/p-1. The zero-order valence-electron chi connectivity index (χ0n) is 3.88. The molecule has 32 valence electrons. The van der Waals surface area contributed by atoms with E-state index in [0.717, 1.165) is 0 Å². The Morgan fingerprint density at radius 1 is 1.71 bits per heavy atom. The summed E-state index contributed by atoms with van der Waals surface area (Å²) in [6.07, 6.45) is 1.55. The molecule has 0 saturated heterocycles. The van der Waals surface area contributed by atoms with Crippen LogP contribution in [0.4, 0.5) is 0 Å². The van der Waals surface area contributed by atoms with Crippen molar-refractivity contribution in [3.8, 4) is 0 Å². The minimum absolute atomic E-state index is 0. The topological polar surface area (TPSA) is 41.6 Å². The Morgan fingerprint density at radius 3 is 2.57 bits per heavy atom. The third kappa shape index (κ3) is 2.23. The van der Waals surface area contributed by atoms with E-state index in [-0.39, 0.29) is 29.6 Å². The molecule has 1 N–H and O–H groups in total. The fourth-order valence-corrected chi connectivity index (χ4v) is 0.285. The van der Waals surface area contributed by atoms with Gasteiger partial charge in [0, 0.05) is 6.20 Å². The van der Waals surface area contributed by atoms with Crippen molar-refractivity contribution in [2.45, 2.75) is 5.03 Å². The van der Waals surface area contributed by atoms with Crippen molar-refractivity contribution in [3.63, 3.8) is 0 Å². The van der Waals surface area contributed by atoms with Gasteiger partial charge in [-0.3, -0.25) is 5.10 Å². The number of hydrogen-bond donors (Lipinski definition) is 1. The van der Waals surface area contributed by atoms with Crippen LogP contribution in [0.15, 0.2) is 11.2 Å². The van der Waals surface area contributed by atoms with Crippen LogP contribution < -0.4 is 29.6 Å². The summed E-state index contributed by atoms with van der Waals surface area (Å²) in [5.74, 6) is 0. The molecule has 3 nitrogen and oxygen atoms in total. The number of H-pyrrole nitrogens is 1. The molecule has 1 heterocycles. The molecule has 0 saturated carbocycles. The van der Waals surface area contributed by atoms with Crippen LogP contribution in [0.25, 0.3) is 0 Å². The third-order valence-electron chi connectivity index (χ3n) is 0.394. The van der Waals surface area contributed by atoms with Crippen molar-refractivity contribution < 1.29 is 29.6 Å². The van der Waals surface area contributed by atoms with E-state index in [1.54, 1.807) is 6.20 Å². The number of aromatic nitrogens is 3. The van der Waals surface area contributed by atoms with Crippen LogP contribution in [0.2, 0.25) is 0 Å². The van der Waals surface area contributed by atoms with Gasteiger partial charge in [-0.25, -0.2) is 0 Å². The molecule has 0 aromatic carbocycles. The summed E-state index contributed by atoms with van der Waals surface area (Å²) in [7, 11) is 0. The molecule has 0 unspecified atom stereocenters. The van der Waals surface area contributed by atoms with Gasteiger partial charge in [-0.2, -0.15) is 5.10 Å². The van der Waals surface area contributed by atoms with Crippen molar-refractivity contribution in [1.29, 1.82) is 0 Å². The summed E-state index contributed by atoms with van der Waals surface area (Å²) in [5, 5.41) is 9.74. The number of rotatable bonds is 0. The van der Waals surface area contributed by atoms with Gasteiger partial charge in [0.05, 0.1) is 0 Å². The number of nitrogens with one attached hydrogen (secondary N) is 1. The minimum atomic E-state index is 0. The minimum Gasteiger partial charge on any atom is -0.757 e. The Bertz CT molecular complexity index is 116. The fourth-order valence-electron chi connectivity index (χ4n) is 0.191. The zero-order valence-corrected chi connectivity index (χ0v) is 6.70. The Balaban J connectivity index is 0.000000360. The number of aromatic amines is 1. The van der Waals surface area contributed by atoms with Crippen LogP contribution in [0.5, 0.6) is 0 Å². The quantitative estimate of drug-likeness (QED) is 0.290. The van der Waals surface area contributed by atoms with E-state index >= 15 is 0 Å². The third-order valence-corrected chi connectivity index (χ3v) is 0.594. The molecule has 0 atom stereocenters. The zero-order chi connectivity index (χ0) is 4.41.